The Kier molecular flexibility index (Phi) is 7.67. The van der Waals surface area contributed by atoms with Crippen LogP contribution in [0.1, 0.15) is 5.56 Å². The molecular weight excluding hydrogens is 455 g/mol. The molecule has 0 aliphatic carbocycles. The van der Waals surface area contributed by atoms with E-state index in [4.69, 9.17) is 4.74 Å². The predicted molar refractivity (Wildman–Crippen MR) is 127 cm³/mol. The van der Waals surface area contributed by atoms with Crippen LogP contribution in [-0.2, 0) is 20.9 Å². The van der Waals surface area contributed by atoms with Crippen molar-refractivity contribution in [2.75, 3.05) is 12.3 Å². The number of benzene rings is 3. The van der Waals surface area contributed by atoms with Gasteiger partial charge in [0.2, 0.25) is 5.91 Å². The molecule has 0 saturated carbocycles. The minimum atomic E-state index is -0.531. The van der Waals surface area contributed by atoms with Crippen LogP contribution in [0, 0.1) is 5.82 Å². The molecule has 4 rings (SSSR count). The lowest BCUT2D eigenvalue weighted by Crippen LogP contribution is -2.31. The van der Waals surface area contributed by atoms with Crippen molar-refractivity contribution in [2.45, 2.75) is 11.8 Å². The summed E-state index contributed by atoms with van der Waals surface area (Å²) in [6.07, 6.45) is 0. The van der Waals surface area contributed by atoms with E-state index in [1.54, 1.807) is 22.8 Å². The highest BCUT2D eigenvalue weighted by atomic mass is 32.2. The molecule has 0 atom stereocenters. The van der Waals surface area contributed by atoms with Gasteiger partial charge < -0.3 is 10.1 Å². The standard InChI is InChI=1S/C25H21FN4O3S/c26-21-14-8-7-13-20(21)24-28-29-25(30(24)19-11-5-2-6-12-19)34-17-22(31)27-15-23(32)33-16-18-9-3-1-4-10-18/h1-14H,15-17H2,(H,27,31). The maximum atomic E-state index is 14.4. The maximum Gasteiger partial charge on any atom is 0.325 e. The number of amides is 1. The lowest BCUT2D eigenvalue weighted by Gasteiger charge is -2.11. The third kappa shape index (κ3) is 5.87. The number of nitrogens with one attached hydrogen (secondary N) is 1. The summed E-state index contributed by atoms with van der Waals surface area (Å²) in [6, 6.07) is 24.9. The highest BCUT2D eigenvalue weighted by Gasteiger charge is 2.19. The van der Waals surface area contributed by atoms with Crippen molar-refractivity contribution in [3.63, 3.8) is 0 Å². The van der Waals surface area contributed by atoms with Gasteiger partial charge in [0.05, 0.1) is 11.3 Å². The van der Waals surface area contributed by atoms with Crippen LogP contribution in [-0.4, -0.2) is 38.9 Å². The second-order valence-electron chi connectivity index (χ2n) is 7.17. The van der Waals surface area contributed by atoms with Gasteiger partial charge in [0.25, 0.3) is 0 Å². The normalized spacial score (nSPS) is 10.6. The number of thioether (sulfide) groups is 1. The van der Waals surface area contributed by atoms with E-state index in [0.29, 0.717) is 16.5 Å². The van der Waals surface area contributed by atoms with Crippen molar-refractivity contribution in [3.8, 4) is 17.1 Å². The third-order valence-corrected chi connectivity index (χ3v) is 5.70. The summed E-state index contributed by atoms with van der Waals surface area (Å²) >= 11 is 1.14. The first-order chi connectivity index (χ1) is 16.6. The van der Waals surface area contributed by atoms with E-state index in [1.807, 2.05) is 60.7 Å². The van der Waals surface area contributed by atoms with E-state index in [2.05, 4.69) is 15.5 Å². The second kappa shape index (κ2) is 11.2. The Morgan fingerprint density at radius 3 is 2.32 bits per heavy atom. The molecule has 3 aromatic carbocycles. The van der Waals surface area contributed by atoms with Gasteiger partial charge in [-0.2, -0.15) is 0 Å². The molecule has 172 valence electrons. The first-order valence-corrected chi connectivity index (χ1v) is 11.4. The summed E-state index contributed by atoms with van der Waals surface area (Å²) in [4.78, 5) is 24.2. The van der Waals surface area contributed by atoms with Crippen LogP contribution in [0.2, 0.25) is 0 Å². The maximum absolute atomic E-state index is 14.4. The summed E-state index contributed by atoms with van der Waals surface area (Å²) in [5, 5.41) is 11.3. The number of aromatic nitrogens is 3. The molecule has 0 bridgehead atoms. The van der Waals surface area contributed by atoms with Crippen molar-refractivity contribution in [1.29, 1.82) is 0 Å². The van der Waals surface area contributed by atoms with E-state index < -0.39 is 11.8 Å². The lowest BCUT2D eigenvalue weighted by molar-refractivity contribution is -0.145. The Balaban J connectivity index is 1.39. The van der Waals surface area contributed by atoms with Crippen molar-refractivity contribution < 1.29 is 18.7 Å². The van der Waals surface area contributed by atoms with Gasteiger partial charge in [-0.3, -0.25) is 14.2 Å². The van der Waals surface area contributed by atoms with Crippen LogP contribution < -0.4 is 5.32 Å². The third-order valence-electron chi connectivity index (χ3n) is 4.77. The molecule has 0 spiro atoms. The topological polar surface area (TPSA) is 86.1 Å². The lowest BCUT2D eigenvalue weighted by atomic mass is 10.2. The number of nitrogens with zero attached hydrogens (tertiary/aromatic N) is 3. The first kappa shape index (κ1) is 23.2. The van der Waals surface area contributed by atoms with Crippen molar-refractivity contribution >= 4 is 23.6 Å². The van der Waals surface area contributed by atoms with Gasteiger partial charge in [0.15, 0.2) is 11.0 Å². The molecule has 1 N–H and O–H groups in total. The Hall–Kier alpha value is -3.98. The number of hydrogen-bond acceptors (Lipinski definition) is 6. The Morgan fingerprint density at radius 1 is 0.912 bits per heavy atom. The highest BCUT2D eigenvalue weighted by molar-refractivity contribution is 7.99. The molecule has 0 aliphatic rings. The van der Waals surface area contributed by atoms with E-state index in [9.17, 15) is 14.0 Å². The monoisotopic (exact) mass is 476 g/mol. The van der Waals surface area contributed by atoms with Crippen LogP contribution in [0.4, 0.5) is 4.39 Å². The Bertz CT molecular complexity index is 1270. The number of hydrogen-bond donors (Lipinski definition) is 1. The van der Waals surface area contributed by atoms with Crippen molar-refractivity contribution in [2.24, 2.45) is 0 Å². The molecular formula is C25H21FN4O3S. The van der Waals surface area contributed by atoms with Crippen LogP contribution >= 0.6 is 11.8 Å². The number of carbonyl (C=O) groups is 2. The molecule has 4 aromatic rings. The number of para-hydroxylation sites is 1. The average molecular weight is 477 g/mol. The number of rotatable bonds is 9. The van der Waals surface area contributed by atoms with Crippen LogP contribution in [0.15, 0.2) is 90.1 Å². The molecule has 0 aliphatic heterocycles. The SMILES string of the molecule is O=C(CSc1nnc(-c2ccccc2F)n1-c1ccccc1)NCC(=O)OCc1ccccc1. The van der Waals surface area contributed by atoms with Gasteiger partial charge >= 0.3 is 5.97 Å². The molecule has 0 saturated heterocycles. The largest absolute Gasteiger partial charge is 0.460 e. The Labute approximate surface area is 200 Å². The van der Waals surface area contributed by atoms with E-state index in [-0.39, 0.29) is 24.8 Å². The molecule has 7 nitrogen and oxygen atoms in total. The van der Waals surface area contributed by atoms with Crippen LogP contribution in [0.5, 0.6) is 0 Å². The molecule has 34 heavy (non-hydrogen) atoms. The quantitative estimate of drug-likeness (QED) is 0.290. The number of halogens is 1. The first-order valence-electron chi connectivity index (χ1n) is 10.5. The minimum absolute atomic E-state index is 0.00575. The molecule has 1 heterocycles. The molecule has 0 unspecified atom stereocenters. The van der Waals surface area contributed by atoms with Crippen molar-refractivity contribution in [1.82, 2.24) is 20.1 Å². The number of carbonyl (C=O) groups excluding carboxylic acids is 2. The summed E-state index contributed by atoms with van der Waals surface area (Å²) in [6.45, 7) is -0.0959. The van der Waals surface area contributed by atoms with E-state index in [1.165, 1.54) is 6.07 Å². The van der Waals surface area contributed by atoms with Crippen molar-refractivity contribution in [3.05, 3.63) is 96.3 Å². The predicted octanol–water partition coefficient (Wildman–Crippen LogP) is 4.03. The smallest absolute Gasteiger partial charge is 0.325 e. The molecule has 0 fully saturated rings. The fraction of sp³-hybridized carbons (Fsp3) is 0.120. The highest BCUT2D eigenvalue weighted by Crippen LogP contribution is 2.29. The fourth-order valence-corrected chi connectivity index (χ4v) is 3.91. The zero-order valence-corrected chi connectivity index (χ0v) is 18.9. The zero-order valence-electron chi connectivity index (χ0n) is 18.1. The Morgan fingerprint density at radius 2 is 1.59 bits per heavy atom. The van der Waals surface area contributed by atoms with Gasteiger partial charge in [-0.25, -0.2) is 4.39 Å². The fourth-order valence-electron chi connectivity index (χ4n) is 3.13. The summed E-state index contributed by atoms with van der Waals surface area (Å²) < 4.78 is 21.3. The van der Waals surface area contributed by atoms with Gasteiger partial charge in [-0.15, -0.1) is 10.2 Å². The average Bonchev–Trinajstić information content (AvgIpc) is 3.30. The zero-order chi connectivity index (χ0) is 23.8. The molecule has 1 aromatic heterocycles. The summed E-state index contributed by atoms with van der Waals surface area (Å²) in [5.41, 5.74) is 1.90. The number of ether oxygens (including phenoxy) is 1. The van der Waals surface area contributed by atoms with Gasteiger partial charge in [-0.1, -0.05) is 72.4 Å². The van der Waals surface area contributed by atoms with Gasteiger partial charge in [0.1, 0.15) is 19.0 Å². The van der Waals surface area contributed by atoms with Gasteiger partial charge in [0, 0.05) is 5.69 Å². The molecule has 0 radical (unpaired) electrons. The van der Waals surface area contributed by atoms with Crippen LogP contribution in [0.25, 0.3) is 17.1 Å². The molecule has 1 amide bonds. The molecule has 9 heteroatoms. The van der Waals surface area contributed by atoms with Crippen LogP contribution in [0.3, 0.4) is 0 Å². The number of esters is 1. The van der Waals surface area contributed by atoms with E-state index in [0.717, 1.165) is 23.0 Å². The second-order valence-corrected chi connectivity index (χ2v) is 8.11. The van der Waals surface area contributed by atoms with Gasteiger partial charge in [-0.05, 0) is 29.8 Å². The summed E-state index contributed by atoms with van der Waals surface area (Å²) in [5.74, 6) is -0.992. The minimum Gasteiger partial charge on any atom is -0.460 e. The summed E-state index contributed by atoms with van der Waals surface area (Å²) in [7, 11) is 0. The van der Waals surface area contributed by atoms with E-state index >= 15 is 0 Å².